The number of nitriles is 1. The van der Waals surface area contributed by atoms with Crippen molar-refractivity contribution in [2.45, 2.75) is 11.8 Å². The van der Waals surface area contributed by atoms with Crippen LogP contribution in [-0.2, 0) is 9.84 Å². The number of sulfone groups is 1. The van der Waals surface area contributed by atoms with Gasteiger partial charge in [0.1, 0.15) is 6.07 Å². The maximum atomic E-state index is 12.6. The van der Waals surface area contributed by atoms with Crippen molar-refractivity contribution in [3.05, 3.63) is 53.9 Å². The molecule has 108 valence electrons. The molecule has 0 amide bonds. The number of aryl methyl sites for hydroxylation is 1. The van der Waals surface area contributed by atoms with Crippen molar-refractivity contribution in [1.82, 2.24) is 0 Å². The van der Waals surface area contributed by atoms with Crippen molar-refractivity contribution >= 4 is 59.1 Å². The zero-order valence-electron chi connectivity index (χ0n) is 10.8. The molecule has 0 unspecified atom stereocenters. The third kappa shape index (κ3) is 3.46. The molecule has 0 saturated carbocycles. The molecular formula is C14H9Br2NO2S2. The van der Waals surface area contributed by atoms with Gasteiger partial charge >= 0.3 is 0 Å². The number of nitrogens with zero attached hydrogens (tertiary/aromatic N) is 1. The van der Waals surface area contributed by atoms with Crippen molar-refractivity contribution in [2.75, 3.05) is 0 Å². The lowest BCUT2D eigenvalue weighted by Gasteiger charge is -2.06. The molecule has 2 rings (SSSR count). The Hall–Kier alpha value is -0.940. The highest BCUT2D eigenvalue weighted by Gasteiger charge is 2.24. The lowest BCUT2D eigenvalue weighted by atomic mass is 10.3. The van der Waals surface area contributed by atoms with E-state index in [-0.39, 0.29) is 9.80 Å². The van der Waals surface area contributed by atoms with Crippen LogP contribution in [0.5, 0.6) is 0 Å². The van der Waals surface area contributed by atoms with E-state index in [1.54, 1.807) is 18.2 Å². The fourth-order valence-corrected chi connectivity index (χ4v) is 5.19. The minimum Gasteiger partial charge on any atom is -0.218 e. The van der Waals surface area contributed by atoms with Crippen LogP contribution in [0.2, 0.25) is 0 Å². The normalized spacial score (nSPS) is 12.2. The highest BCUT2D eigenvalue weighted by atomic mass is 79.9. The fourth-order valence-electron chi connectivity index (χ4n) is 1.62. The molecule has 0 saturated heterocycles. The summed E-state index contributed by atoms with van der Waals surface area (Å²) in [6.07, 6.45) is 1.42. The Morgan fingerprint density at radius 2 is 2.05 bits per heavy atom. The summed E-state index contributed by atoms with van der Waals surface area (Å²) in [5.41, 5.74) is 0.941. The average molecular weight is 447 g/mol. The van der Waals surface area contributed by atoms with Gasteiger partial charge < -0.3 is 0 Å². The Bertz CT molecular complexity index is 861. The molecule has 0 atom stereocenters. The van der Waals surface area contributed by atoms with Gasteiger partial charge in [-0.2, -0.15) is 5.26 Å². The standard InChI is InChI=1S/C14H9Br2NO2S2/c1-9-4-5-20-13(9)7-11(8-17)21(18,19)14-6-10(15)2-3-12(14)16/h2-7H,1H3/b11-7+. The molecule has 2 aromatic rings. The SMILES string of the molecule is Cc1ccsc1/C=C(\C#N)S(=O)(=O)c1cc(Br)ccc1Br. The van der Waals surface area contributed by atoms with E-state index < -0.39 is 9.84 Å². The summed E-state index contributed by atoms with van der Waals surface area (Å²) in [5, 5.41) is 11.1. The Morgan fingerprint density at radius 1 is 1.33 bits per heavy atom. The van der Waals surface area contributed by atoms with Gasteiger partial charge in [-0.05, 0) is 64.1 Å². The summed E-state index contributed by atoms with van der Waals surface area (Å²) in [6.45, 7) is 1.87. The monoisotopic (exact) mass is 445 g/mol. The van der Waals surface area contributed by atoms with Crippen molar-refractivity contribution in [1.29, 1.82) is 5.26 Å². The smallest absolute Gasteiger partial charge is 0.217 e. The van der Waals surface area contributed by atoms with Crippen LogP contribution in [-0.4, -0.2) is 8.42 Å². The van der Waals surface area contributed by atoms with Crippen LogP contribution in [0, 0.1) is 18.3 Å². The first-order valence-corrected chi connectivity index (χ1v) is 9.67. The van der Waals surface area contributed by atoms with E-state index in [2.05, 4.69) is 31.9 Å². The molecule has 0 aliphatic heterocycles. The van der Waals surface area contributed by atoms with Crippen molar-refractivity contribution in [3.63, 3.8) is 0 Å². The zero-order chi connectivity index (χ0) is 15.6. The minimum atomic E-state index is -3.87. The van der Waals surface area contributed by atoms with Crippen LogP contribution in [0.3, 0.4) is 0 Å². The number of allylic oxidation sites excluding steroid dienone is 1. The second-order valence-electron chi connectivity index (χ2n) is 4.17. The number of rotatable bonds is 3. The molecule has 21 heavy (non-hydrogen) atoms. The third-order valence-corrected chi connectivity index (χ3v) is 6.86. The first-order valence-electron chi connectivity index (χ1n) is 5.72. The van der Waals surface area contributed by atoms with E-state index in [0.29, 0.717) is 8.95 Å². The molecule has 0 aliphatic carbocycles. The van der Waals surface area contributed by atoms with E-state index in [1.807, 2.05) is 18.4 Å². The second-order valence-corrected chi connectivity index (χ2v) is 8.77. The molecule has 0 aliphatic rings. The van der Waals surface area contributed by atoms with E-state index >= 15 is 0 Å². The number of thiophene rings is 1. The summed E-state index contributed by atoms with van der Waals surface area (Å²) >= 11 is 7.87. The summed E-state index contributed by atoms with van der Waals surface area (Å²) < 4.78 is 26.3. The highest BCUT2D eigenvalue weighted by molar-refractivity contribution is 9.11. The van der Waals surface area contributed by atoms with Crippen LogP contribution >= 0.6 is 43.2 Å². The topological polar surface area (TPSA) is 57.9 Å². The Balaban J connectivity index is 2.62. The summed E-state index contributed by atoms with van der Waals surface area (Å²) in [5.74, 6) is 0. The predicted molar refractivity (Wildman–Crippen MR) is 91.7 cm³/mol. The Labute approximate surface area is 144 Å². The molecule has 0 spiro atoms. The zero-order valence-corrected chi connectivity index (χ0v) is 15.6. The van der Waals surface area contributed by atoms with Gasteiger partial charge in [0.2, 0.25) is 9.84 Å². The fraction of sp³-hybridized carbons (Fsp3) is 0.0714. The highest BCUT2D eigenvalue weighted by Crippen LogP contribution is 2.31. The minimum absolute atomic E-state index is 0.0684. The quantitative estimate of drug-likeness (QED) is 0.628. The molecule has 1 heterocycles. The molecule has 0 N–H and O–H groups in total. The van der Waals surface area contributed by atoms with Gasteiger partial charge in [-0.3, -0.25) is 0 Å². The lowest BCUT2D eigenvalue weighted by Crippen LogP contribution is -2.04. The van der Waals surface area contributed by atoms with Crippen LogP contribution in [0.25, 0.3) is 6.08 Å². The lowest BCUT2D eigenvalue weighted by molar-refractivity contribution is 0.603. The van der Waals surface area contributed by atoms with E-state index in [4.69, 9.17) is 0 Å². The molecule has 3 nitrogen and oxygen atoms in total. The van der Waals surface area contributed by atoms with Gasteiger partial charge in [0, 0.05) is 13.8 Å². The number of hydrogen-bond donors (Lipinski definition) is 0. The molecule has 0 radical (unpaired) electrons. The van der Waals surface area contributed by atoms with Gasteiger partial charge in [0.15, 0.2) is 4.91 Å². The first-order chi connectivity index (χ1) is 9.86. The molecule has 0 fully saturated rings. The van der Waals surface area contributed by atoms with E-state index in [9.17, 15) is 13.7 Å². The summed E-state index contributed by atoms with van der Waals surface area (Å²) in [7, 11) is -3.87. The molecule has 1 aromatic heterocycles. The van der Waals surface area contributed by atoms with Gasteiger partial charge in [0.25, 0.3) is 0 Å². The molecule has 1 aromatic carbocycles. The van der Waals surface area contributed by atoms with Crippen molar-refractivity contribution in [3.8, 4) is 6.07 Å². The van der Waals surface area contributed by atoms with E-state index in [0.717, 1.165) is 10.4 Å². The van der Waals surface area contributed by atoms with Crippen molar-refractivity contribution < 1.29 is 8.42 Å². The predicted octanol–water partition coefficient (Wildman–Crippen LogP) is 4.92. The van der Waals surface area contributed by atoms with Gasteiger partial charge in [-0.15, -0.1) is 11.3 Å². The van der Waals surface area contributed by atoms with Crippen LogP contribution in [0.1, 0.15) is 10.4 Å². The maximum absolute atomic E-state index is 12.6. The maximum Gasteiger partial charge on any atom is 0.217 e. The molecule has 7 heteroatoms. The molecular weight excluding hydrogens is 438 g/mol. The van der Waals surface area contributed by atoms with Gasteiger partial charge in [-0.25, -0.2) is 8.42 Å². The second kappa shape index (κ2) is 6.44. The molecule has 0 bridgehead atoms. The Morgan fingerprint density at radius 3 is 2.62 bits per heavy atom. The average Bonchev–Trinajstić information content (AvgIpc) is 2.83. The number of hydrogen-bond acceptors (Lipinski definition) is 4. The number of benzene rings is 1. The van der Waals surface area contributed by atoms with Crippen LogP contribution in [0.4, 0.5) is 0 Å². The van der Waals surface area contributed by atoms with Gasteiger partial charge in [0.05, 0.1) is 4.90 Å². The van der Waals surface area contributed by atoms with Crippen LogP contribution in [0.15, 0.2) is 48.4 Å². The number of halogens is 2. The first kappa shape index (κ1) is 16.4. The third-order valence-electron chi connectivity index (χ3n) is 2.75. The Kier molecular flexibility index (Phi) is 5.04. The largest absolute Gasteiger partial charge is 0.218 e. The van der Waals surface area contributed by atoms with Crippen LogP contribution < -0.4 is 0 Å². The van der Waals surface area contributed by atoms with E-state index in [1.165, 1.54) is 23.5 Å². The van der Waals surface area contributed by atoms with Gasteiger partial charge in [-0.1, -0.05) is 15.9 Å². The summed E-state index contributed by atoms with van der Waals surface area (Å²) in [4.78, 5) is 0.562. The summed E-state index contributed by atoms with van der Waals surface area (Å²) in [6, 6.07) is 8.51. The van der Waals surface area contributed by atoms with Crippen molar-refractivity contribution in [2.24, 2.45) is 0 Å².